The van der Waals surface area contributed by atoms with E-state index >= 15 is 0 Å². The van der Waals surface area contributed by atoms with Crippen molar-refractivity contribution in [3.63, 3.8) is 0 Å². The maximum atomic E-state index is 12.3. The Morgan fingerprint density at radius 2 is 1.96 bits per heavy atom. The van der Waals surface area contributed by atoms with Crippen LogP contribution in [0.1, 0.15) is 68.5 Å². The van der Waals surface area contributed by atoms with E-state index in [9.17, 15) is 4.79 Å². The summed E-state index contributed by atoms with van der Waals surface area (Å²) in [6.45, 7) is 7.85. The van der Waals surface area contributed by atoms with E-state index in [1.807, 2.05) is 0 Å². The van der Waals surface area contributed by atoms with Gasteiger partial charge in [-0.3, -0.25) is 14.3 Å². The van der Waals surface area contributed by atoms with Crippen LogP contribution in [-0.4, -0.2) is 32.7 Å². The van der Waals surface area contributed by atoms with Crippen molar-refractivity contribution < 1.29 is 4.52 Å². The summed E-state index contributed by atoms with van der Waals surface area (Å²) in [7, 11) is 0. The summed E-state index contributed by atoms with van der Waals surface area (Å²) in [6.07, 6.45) is 6.41. The molecule has 0 spiro atoms. The van der Waals surface area contributed by atoms with E-state index in [2.05, 4.69) is 35.0 Å². The van der Waals surface area contributed by atoms with Crippen molar-refractivity contribution in [3.05, 3.63) is 46.0 Å². The highest BCUT2D eigenvalue weighted by Crippen LogP contribution is 2.40. The molecule has 26 heavy (non-hydrogen) atoms. The van der Waals surface area contributed by atoms with Gasteiger partial charge >= 0.3 is 0 Å². The predicted octanol–water partition coefficient (Wildman–Crippen LogP) is 3.14. The Hall–Kier alpha value is -1.95. The van der Waals surface area contributed by atoms with Crippen molar-refractivity contribution in [2.24, 2.45) is 5.92 Å². The highest BCUT2D eigenvalue weighted by molar-refractivity contribution is 5.14. The third kappa shape index (κ3) is 4.06. The Kier molecular flexibility index (Phi) is 4.94. The van der Waals surface area contributed by atoms with Gasteiger partial charge in [0.05, 0.1) is 17.7 Å². The van der Waals surface area contributed by atoms with Crippen LogP contribution in [0.25, 0.3) is 0 Å². The van der Waals surface area contributed by atoms with Gasteiger partial charge in [0.2, 0.25) is 0 Å². The Labute approximate surface area is 154 Å². The van der Waals surface area contributed by atoms with Crippen LogP contribution >= 0.6 is 0 Å². The molecule has 0 unspecified atom stereocenters. The molecule has 140 valence electrons. The number of hydrogen-bond donors (Lipinski definition) is 0. The van der Waals surface area contributed by atoms with Gasteiger partial charge in [0.25, 0.3) is 5.56 Å². The fourth-order valence-corrected chi connectivity index (χ4v) is 3.69. The van der Waals surface area contributed by atoms with Gasteiger partial charge in [0.15, 0.2) is 0 Å². The van der Waals surface area contributed by atoms with E-state index in [4.69, 9.17) is 4.52 Å². The van der Waals surface area contributed by atoms with Gasteiger partial charge in [-0.2, -0.15) is 0 Å². The lowest BCUT2D eigenvalue weighted by molar-refractivity contribution is 0.163. The molecule has 0 bridgehead atoms. The van der Waals surface area contributed by atoms with Crippen LogP contribution < -0.4 is 5.56 Å². The van der Waals surface area contributed by atoms with Crippen molar-refractivity contribution in [3.8, 4) is 0 Å². The van der Waals surface area contributed by atoms with Gasteiger partial charge in [0.1, 0.15) is 5.76 Å². The van der Waals surface area contributed by atoms with Crippen molar-refractivity contribution in [1.82, 2.24) is 19.6 Å². The SMILES string of the molecule is CC(C)c1cc(=O)n(CC2CCN(Cc3cc(C4CC4)on3)CC2)cn1. The molecule has 6 heteroatoms. The first-order valence-corrected chi connectivity index (χ1v) is 9.82. The molecule has 2 aliphatic rings. The summed E-state index contributed by atoms with van der Waals surface area (Å²) < 4.78 is 7.22. The van der Waals surface area contributed by atoms with Crippen LogP contribution in [0.4, 0.5) is 0 Å². The summed E-state index contributed by atoms with van der Waals surface area (Å²) in [5.74, 6) is 2.51. The Balaban J connectivity index is 1.28. The molecular weight excluding hydrogens is 328 g/mol. The Morgan fingerprint density at radius 3 is 2.62 bits per heavy atom. The van der Waals surface area contributed by atoms with Crippen LogP contribution in [-0.2, 0) is 13.1 Å². The summed E-state index contributed by atoms with van der Waals surface area (Å²) >= 11 is 0. The van der Waals surface area contributed by atoms with Gasteiger partial charge in [-0.15, -0.1) is 0 Å². The van der Waals surface area contributed by atoms with Crippen molar-refractivity contribution in [2.45, 2.75) is 64.5 Å². The molecule has 1 aliphatic heterocycles. The zero-order valence-corrected chi connectivity index (χ0v) is 15.7. The van der Waals surface area contributed by atoms with Gasteiger partial charge < -0.3 is 4.52 Å². The summed E-state index contributed by atoms with van der Waals surface area (Å²) in [5, 5.41) is 4.22. The van der Waals surface area contributed by atoms with Crippen LogP contribution in [0.3, 0.4) is 0 Å². The van der Waals surface area contributed by atoms with Gasteiger partial charge in [-0.25, -0.2) is 4.98 Å². The zero-order valence-electron chi connectivity index (χ0n) is 15.7. The maximum Gasteiger partial charge on any atom is 0.253 e. The van der Waals surface area contributed by atoms with E-state index in [1.54, 1.807) is 17.0 Å². The fraction of sp³-hybridized carbons (Fsp3) is 0.650. The topological polar surface area (TPSA) is 64.2 Å². The Bertz CT molecular complexity index is 798. The molecule has 4 rings (SSSR count). The second kappa shape index (κ2) is 7.35. The first-order chi connectivity index (χ1) is 12.6. The lowest BCUT2D eigenvalue weighted by Gasteiger charge is -2.31. The molecule has 0 N–H and O–H groups in total. The fourth-order valence-electron chi connectivity index (χ4n) is 3.69. The molecule has 1 saturated carbocycles. The molecule has 6 nitrogen and oxygen atoms in total. The van der Waals surface area contributed by atoms with Gasteiger partial charge in [-0.1, -0.05) is 19.0 Å². The number of piperidine rings is 1. The number of nitrogens with zero attached hydrogens (tertiary/aromatic N) is 4. The number of likely N-dealkylation sites (tertiary alicyclic amines) is 1. The highest BCUT2D eigenvalue weighted by atomic mass is 16.5. The third-order valence-electron chi connectivity index (χ3n) is 5.60. The normalized spacial score (nSPS) is 19.3. The monoisotopic (exact) mass is 356 g/mol. The first-order valence-electron chi connectivity index (χ1n) is 9.82. The highest BCUT2D eigenvalue weighted by Gasteiger charge is 2.28. The summed E-state index contributed by atoms with van der Waals surface area (Å²) in [6, 6.07) is 3.81. The van der Waals surface area contributed by atoms with E-state index in [-0.39, 0.29) is 11.5 Å². The van der Waals surface area contributed by atoms with E-state index in [1.165, 1.54) is 12.8 Å². The predicted molar refractivity (Wildman–Crippen MR) is 99.1 cm³/mol. The van der Waals surface area contributed by atoms with Gasteiger partial charge in [0, 0.05) is 31.1 Å². The standard InChI is InChI=1S/C20H28N4O2/c1-14(2)18-10-20(25)24(13-21-18)11-15-5-7-23(8-6-15)12-17-9-19(26-22-17)16-3-4-16/h9-10,13-16H,3-8,11-12H2,1-2H3. The lowest BCUT2D eigenvalue weighted by atomic mass is 9.96. The number of rotatable bonds is 6. The Morgan fingerprint density at radius 1 is 1.19 bits per heavy atom. The number of hydrogen-bond acceptors (Lipinski definition) is 5. The minimum absolute atomic E-state index is 0.0707. The van der Waals surface area contributed by atoms with Crippen LogP contribution in [0, 0.1) is 5.92 Å². The van der Waals surface area contributed by atoms with Gasteiger partial charge in [-0.05, 0) is 50.6 Å². The molecule has 0 atom stereocenters. The molecule has 3 heterocycles. The first kappa shape index (κ1) is 17.5. The molecule has 1 saturated heterocycles. The molecule has 1 aliphatic carbocycles. The molecule has 0 amide bonds. The van der Waals surface area contributed by atoms with Crippen molar-refractivity contribution in [1.29, 1.82) is 0 Å². The minimum Gasteiger partial charge on any atom is -0.361 e. The third-order valence-corrected chi connectivity index (χ3v) is 5.60. The molecule has 2 aromatic heterocycles. The molecular formula is C20H28N4O2. The average molecular weight is 356 g/mol. The van der Waals surface area contributed by atoms with E-state index < -0.39 is 0 Å². The smallest absolute Gasteiger partial charge is 0.253 e. The molecule has 0 aromatic carbocycles. The molecule has 2 fully saturated rings. The largest absolute Gasteiger partial charge is 0.361 e. The van der Waals surface area contributed by atoms with E-state index in [0.29, 0.717) is 11.8 Å². The van der Waals surface area contributed by atoms with E-state index in [0.717, 1.165) is 56.2 Å². The summed E-state index contributed by atoms with van der Waals surface area (Å²) in [4.78, 5) is 19.1. The van der Waals surface area contributed by atoms with Crippen molar-refractivity contribution in [2.75, 3.05) is 13.1 Å². The quantitative estimate of drug-likeness (QED) is 0.795. The van der Waals surface area contributed by atoms with Crippen LogP contribution in [0.5, 0.6) is 0 Å². The average Bonchev–Trinajstić information content (AvgIpc) is 3.38. The molecule has 0 radical (unpaired) electrons. The molecule has 2 aromatic rings. The summed E-state index contributed by atoms with van der Waals surface area (Å²) in [5.41, 5.74) is 2.00. The van der Waals surface area contributed by atoms with Crippen LogP contribution in [0.2, 0.25) is 0 Å². The second-order valence-corrected chi connectivity index (χ2v) is 8.17. The lowest BCUT2D eigenvalue weighted by Crippen LogP contribution is -2.36. The van der Waals surface area contributed by atoms with Crippen LogP contribution in [0.15, 0.2) is 27.8 Å². The minimum atomic E-state index is 0.0707. The zero-order chi connectivity index (χ0) is 18.1. The second-order valence-electron chi connectivity index (χ2n) is 8.17. The van der Waals surface area contributed by atoms with Crippen molar-refractivity contribution >= 4 is 0 Å². The maximum absolute atomic E-state index is 12.3. The number of aromatic nitrogens is 3.